The number of hydrogen-bond donors (Lipinski definition) is 0. The summed E-state index contributed by atoms with van der Waals surface area (Å²) >= 11 is 6.66. The van der Waals surface area contributed by atoms with Gasteiger partial charge in [-0.25, -0.2) is 0 Å². The van der Waals surface area contributed by atoms with Gasteiger partial charge in [-0.15, -0.1) is 0 Å². The molecule has 2 nitrogen and oxygen atoms in total. The average molecular weight is 291 g/mol. The van der Waals surface area contributed by atoms with Gasteiger partial charge in [0.25, 0.3) is 5.91 Å². The van der Waals surface area contributed by atoms with E-state index in [1.807, 2.05) is 19.9 Å². The third-order valence-corrected chi connectivity index (χ3v) is 4.39. The van der Waals surface area contributed by atoms with E-state index >= 15 is 0 Å². The fraction of sp³-hybridized carbons (Fsp3) is 0.333. The number of amides is 1. The number of rotatable bonds is 2. The van der Waals surface area contributed by atoms with Gasteiger partial charge in [-0.2, -0.15) is 0 Å². The number of carbonyl (C=O) groups is 1. The molecule has 100 valence electrons. The number of carbonyl (C=O) groups excluding carboxylic acids is 1. The number of hydrogen-bond acceptors (Lipinski definition) is 3. The van der Waals surface area contributed by atoms with Crippen molar-refractivity contribution in [1.82, 2.24) is 4.90 Å². The molecule has 19 heavy (non-hydrogen) atoms. The molecular formula is C15H17NOS2. The summed E-state index contributed by atoms with van der Waals surface area (Å²) in [7, 11) is 0. The highest BCUT2D eigenvalue weighted by Gasteiger charge is 2.33. The van der Waals surface area contributed by atoms with Crippen LogP contribution >= 0.6 is 24.0 Å². The average Bonchev–Trinajstić information content (AvgIpc) is 2.59. The number of thioether (sulfide) groups is 1. The van der Waals surface area contributed by atoms with E-state index in [1.54, 1.807) is 4.90 Å². The molecule has 1 aromatic carbocycles. The summed E-state index contributed by atoms with van der Waals surface area (Å²) in [5.41, 5.74) is 3.45. The summed E-state index contributed by atoms with van der Waals surface area (Å²) in [6, 6.07) is 6.35. The summed E-state index contributed by atoms with van der Waals surface area (Å²) < 4.78 is 0.650. The molecule has 1 heterocycles. The largest absolute Gasteiger partial charge is 0.290 e. The topological polar surface area (TPSA) is 20.3 Å². The standard InChI is InChI=1S/C15H17NOS2/c1-9(2)16-14(17)13(19-15(16)18)8-12-7-10(3)5-6-11(12)4/h5-9H,1-4H3. The van der Waals surface area contributed by atoms with E-state index in [2.05, 4.69) is 32.0 Å². The molecule has 0 bridgehead atoms. The van der Waals surface area contributed by atoms with Crippen LogP contribution in [0.25, 0.3) is 6.08 Å². The molecule has 1 aliphatic rings. The molecule has 0 atom stereocenters. The predicted octanol–water partition coefficient (Wildman–Crippen LogP) is 3.91. The van der Waals surface area contributed by atoms with Gasteiger partial charge in [-0.1, -0.05) is 47.7 Å². The van der Waals surface area contributed by atoms with Crippen LogP contribution in [0.4, 0.5) is 0 Å². The first-order valence-corrected chi connectivity index (χ1v) is 7.47. The first kappa shape index (κ1) is 14.3. The van der Waals surface area contributed by atoms with Crippen molar-refractivity contribution in [2.75, 3.05) is 0 Å². The van der Waals surface area contributed by atoms with Gasteiger partial charge in [-0.3, -0.25) is 9.69 Å². The molecular weight excluding hydrogens is 274 g/mol. The van der Waals surface area contributed by atoms with Crippen LogP contribution < -0.4 is 0 Å². The van der Waals surface area contributed by atoms with E-state index < -0.39 is 0 Å². The monoisotopic (exact) mass is 291 g/mol. The van der Waals surface area contributed by atoms with Gasteiger partial charge in [0.1, 0.15) is 4.32 Å². The third-order valence-electron chi connectivity index (χ3n) is 3.06. The zero-order chi connectivity index (χ0) is 14.2. The van der Waals surface area contributed by atoms with Crippen LogP contribution in [0.15, 0.2) is 23.1 Å². The summed E-state index contributed by atoms with van der Waals surface area (Å²) in [5.74, 6) is 0.0194. The first-order chi connectivity index (χ1) is 8.90. The lowest BCUT2D eigenvalue weighted by atomic mass is 10.1. The Kier molecular flexibility index (Phi) is 4.11. The van der Waals surface area contributed by atoms with E-state index in [0.29, 0.717) is 9.23 Å². The maximum atomic E-state index is 12.3. The van der Waals surface area contributed by atoms with Crippen molar-refractivity contribution in [1.29, 1.82) is 0 Å². The van der Waals surface area contributed by atoms with Crippen LogP contribution in [0.5, 0.6) is 0 Å². The van der Waals surface area contributed by atoms with Crippen molar-refractivity contribution in [3.8, 4) is 0 Å². The normalized spacial score (nSPS) is 17.9. The molecule has 0 radical (unpaired) electrons. The molecule has 0 aromatic heterocycles. The fourth-order valence-electron chi connectivity index (χ4n) is 1.98. The number of nitrogens with zero attached hydrogens (tertiary/aromatic N) is 1. The van der Waals surface area contributed by atoms with Crippen LogP contribution in [-0.2, 0) is 4.79 Å². The molecule has 0 N–H and O–H groups in total. The Balaban J connectivity index is 2.38. The van der Waals surface area contributed by atoms with Gasteiger partial charge >= 0.3 is 0 Å². The van der Waals surface area contributed by atoms with Crippen molar-refractivity contribution in [2.45, 2.75) is 33.7 Å². The lowest BCUT2D eigenvalue weighted by Crippen LogP contribution is -2.34. The van der Waals surface area contributed by atoms with Crippen molar-refractivity contribution in [3.05, 3.63) is 39.8 Å². The van der Waals surface area contributed by atoms with E-state index in [-0.39, 0.29) is 11.9 Å². The van der Waals surface area contributed by atoms with Gasteiger partial charge < -0.3 is 0 Å². The zero-order valence-electron chi connectivity index (χ0n) is 11.6. The second-order valence-corrected chi connectivity index (χ2v) is 6.68. The lowest BCUT2D eigenvalue weighted by Gasteiger charge is -2.18. The van der Waals surface area contributed by atoms with Gasteiger partial charge in [0, 0.05) is 6.04 Å². The molecule has 0 unspecified atom stereocenters. The number of thiocarbonyl (C=S) groups is 1. The van der Waals surface area contributed by atoms with Crippen molar-refractivity contribution >= 4 is 40.3 Å². The van der Waals surface area contributed by atoms with Crippen LogP contribution in [0.3, 0.4) is 0 Å². The minimum absolute atomic E-state index is 0.0194. The quantitative estimate of drug-likeness (QED) is 0.608. The van der Waals surface area contributed by atoms with Crippen molar-refractivity contribution in [3.63, 3.8) is 0 Å². The van der Waals surface area contributed by atoms with Gasteiger partial charge in [0.2, 0.25) is 0 Å². The smallest absolute Gasteiger partial charge is 0.266 e. The number of aryl methyl sites for hydroxylation is 2. The Bertz CT molecular complexity index is 576. The van der Waals surface area contributed by atoms with E-state index in [4.69, 9.17) is 12.2 Å². The van der Waals surface area contributed by atoms with Gasteiger partial charge in [0.05, 0.1) is 4.91 Å². The van der Waals surface area contributed by atoms with E-state index in [1.165, 1.54) is 22.9 Å². The Morgan fingerprint density at radius 2 is 2.00 bits per heavy atom. The zero-order valence-corrected chi connectivity index (χ0v) is 13.2. The second-order valence-electron chi connectivity index (χ2n) is 5.01. The first-order valence-electron chi connectivity index (χ1n) is 6.24. The molecule has 0 aliphatic carbocycles. The van der Waals surface area contributed by atoms with E-state index in [9.17, 15) is 4.79 Å². The highest BCUT2D eigenvalue weighted by Crippen LogP contribution is 2.34. The number of benzene rings is 1. The van der Waals surface area contributed by atoms with Crippen molar-refractivity contribution < 1.29 is 4.79 Å². The summed E-state index contributed by atoms with van der Waals surface area (Å²) in [5, 5.41) is 0. The molecule has 1 aliphatic heterocycles. The summed E-state index contributed by atoms with van der Waals surface area (Å²) in [6.45, 7) is 8.06. The molecule has 0 spiro atoms. The molecule has 2 rings (SSSR count). The summed E-state index contributed by atoms with van der Waals surface area (Å²) in [4.78, 5) is 14.7. The minimum Gasteiger partial charge on any atom is -0.290 e. The second kappa shape index (κ2) is 5.47. The van der Waals surface area contributed by atoms with Gasteiger partial charge in [0.15, 0.2) is 0 Å². The predicted molar refractivity (Wildman–Crippen MR) is 86.1 cm³/mol. The Morgan fingerprint density at radius 1 is 1.32 bits per heavy atom. The Morgan fingerprint density at radius 3 is 2.58 bits per heavy atom. The highest BCUT2D eigenvalue weighted by molar-refractivity contribution is 8.26. The SMILES string of the molecule is Cc1ccc(C)c(C=C2SC(=S)N(C(C)C)C2=O)c1. The third kappa shape index (κ3) is 2.90. The molecule has 1 amide bonds. The molecule has 0 saturated carbocycles. The lowest BCUT2D eigenvalue weighted by molar-refractivity contribution is -0.123. The Labute approximate surface area is 123 Å². The highest BCUT2D eigenvalue weighted by atomic mass is 32.2. The van der Waals surface area contributed by atoms with Crippen LogP contribution in [0, 0.1) is 13.8 Å². The minimum atomic E-state index is 0.0194. The molecule has 1 aromatic rings. The van der Waals surface area contributed by atoms with Crippen LogP contribution in [0.1, 0.15) is 30.5 Å². The van der Waals surface area contributed by atoms with Crippen LogP contribution in [-0.4, -0.2) is 21.2 Å². The molecule has 1 saturated heterocycles. The molecule has 4 heteroatoms. The summed E-state index contributed by atoms with van der Waals surface area (Å²) in [6.07, 6.45) is 1.95. The maximum absolute atomic E-state index is 12.3. The molecule has 1 fully saturated rings. The Hall–Kier alpha value is -1.13. The van der Waals surface area contributed by atoms with E-state index in [0.717, 1.165) is 5.56 Å². The van der Waals surface area contributed by atoms with Crippen molar-refractivity contribution in [2.24, 2.45) is 0 Å². The van der Waals surface area contributed by atoms with Crippen LogP contribution in [0.2, 0.25) is 0 Å². The maximum Gasteiger partial charge on any atom is 0.266 e. The van der Waals surface area contributed by atoms with Gasteiger partial charge in [-0.05, 0) is 44.9 Å². The fourth-order valence-corrected chi connectivity index (χ4v) is 3.50.